The highest BCUT2D eigenvalue weighted by atomic mass is 35.5. The largest absolute Gasteiger partial charge is 0.497 e. The number of fused-ring (bicyclic) bond motifs is 1. The van der Waals surface area contributed by atoms with E-state index in [0.29, 0.717) is 31.1 Å². The maximum atomic E-state index is 12.8. The molecule has 0 spiro atoms. The van der Waals surface area contributed by atoms with Crippen molar-refractivity contribution in [2.45, 2.75) is 0 Å². The molecule has 0 saturated heterocycles. The minimum absolute atomic E-state index is 0.360. The average molecular weight is 444 g/mol. The smallest absolute Gasteiger partial charge is 0.267 e. The maximum Gasteiger partial charge on any atom is 0.267 e. The molecule has 0 aliphatic rings. The molecule has 0 bridgehead atoms. The first-order valence-electron chi connectivity index (χ1n) is 8.56. The zero-order valence-corrected chi connectivity index (χ0v) is 17.5. The number of rotatable bonds is 4. The topological polar surface area (TPSA) is 77.2 Å². The quantitative estimate of drug-likeness (QED) is 0.398. The van der Waals surface area contributed by atoms with Gasteiger partial charge in [-0.05, 0) is 54.6 Å². The van der Waals surface area contributed by atoms with Gasteiger partial charge in [-0.2, -0.15) is 0 Å². The summed E-state index contributed by atoms with van der Waals surface area (Å²) in [5, 5.41) is 4.36. The van der Waals surface area contributed by atoms with Crippen LogP contribution in [0.25, 0.3) is 21.5 Å². The average Bonchev–Trinajstić information content (AvgIpc) is 3.07. The van der Waals surface area contributed by atoms with Gasteiger partial charge in [-0.15, -0.1) is 11.3 Å². The Morgan fingerprint density at radius 3 is 2.59 bits per heavy atom. The molecule has 0 fully saturated rings. The molecule has 3 N–H and O–H groups in total. The summed E-state index contributed by atoms with van der Waals surface area (Å²) in [4.78, 5) is 18.5. The highest BCUT2D eigenvalue weighted by Gasteiger charge is 2.19. The van der Waals surface area contributed by atoms with E-state index in [4.69, 9.17) is 33.7 Å². The molecule has 8 heteroatoms. The van der Waals surface area contributed by atoms with E-state index in [-0.39, 0.29) is 5.91 Å². The van der Waals surface area contributed by atoms with Crippen molar-refractivity contribution < 1.29 is 9.53 Å². The van der Waals surface area contributed by atoms with Crippen molar-refractivity contribution in [3.05, 3.63) is 69.5 Å². The predicted molar refractivity (Wildman–Crippen MR) is 120 cm³/mol. The number of thiophene rings is 1. The van der Waals surface area contributed by atoms with Gasteiger partial charge in [0.1, 0.15) is 15.5 Å². The summed E-state index contributed by atoms with van der Waals surface area (Å²) in [6, 6.07) is 16.2. The lowest BCUT2D eigenvalue weighted by Gasteiger charge is -2.07. The summed E-state index contributed by atoms with van der Waals surface area (Å²) in [7, 11) is 1.62. The first kappa shape index (κ1) is 19.5. The van der Waals surface area contributed by atoms with Gasteiger partial charge in [0.05, 0.1) is 29.2 Å². The Hall–Kier alpha value is -2.80. The zero-order chi connectivity index (χ0) is 20.5. The summed E-state index contributed by atoms with van der Waals surface area (Å²) >= 11 is 13.3. The molecule has 0 aliphatic carbocycles. The van der Waals surface area contributed by atoms with E-state index in [9.17, 15) is 4.79 Å². The van der Waals surface area contributed by atoms with Crippen LogP contribution in [0.2, 0.25) is 10.0 Å². The normalized spacial score (nSPS) is 10.9. The molecule has 2 aromatic carbocycles. The van der Waals surface area contributed by atoms with Crippen LogP contribution >= 0.6 is 34.5 Å². The second-order valence-corrected chi connectivity index (χ2v) is 8.04. The van der Waals surface area contributed by atoms with Gasteiger partial charge in [0.25, 0.3) is 5.91 Å². The molecule has 0 atom stereocenters. The van der Waals surface area contributed by atoms with Gasteiger partial charge in [-0.3, -0.25) is 4.79 Å². The number of amides is 1. The first-order valence-corrected chi connectivity index (χ1v) is 10.1. The van der Waals surface area contributed by atoms with Crippen molar-refractivity contribution in [3.8, 4) is 17.0 Å². The number of nitrogens with two attached hydrogens (primary N) is 1. The third-order valence-corrected chi connectivity index (χ3v) is 6.04. The minimum Gasteiger partial charge on any atom is -0.497 e. The molecule has 1 amide bonds. The van der Waals surface area contributed by atoms with E-state index in [2.05, 4.69) is 10.3 Å². The highest BCUT2D eigenvalue weighted by molar-refractivity contribution is 7.21. The lowest BCUT2D eigenvalue weighted by molar-refractivity contribution is 0.103. The van der Waals surface area contributed by atoms with E-state index < -0.39 is 0 Å². The molecule has 0 radical (unpaired) electrons. The van der Waals surface area contributed by atoms with Gasteiger partial charge in [0.15, 0.2) is 0 Å². The number of pyridine rings is 1. The Bertz CT molecular complexity index is 1220. The number of ether oxygens (including phenoxy) is 1. The van der Waals surface area contributed by atoms with Crippen LogP contribution in [-0.4, -0.2) is 18.0 Å². The molecule has 4 rings (SSSR count). The maximum absolute atomic E-state index is 12.8. The van der Waals surface area contributed by atoms with Crippen LogP contribution < -0.4 is 15.8 Å². The summed E-state index contributed by atoms with van der Waals surface area (Å²) < 4.78 is 5.19. The van der Waals surface area contributed by atoms with Crippen LogP contribution in [-0.2, 0) is 0 Å². The number of aromatic nitrogens is 1. The molecule has 0 unspecified atom stereocenters. The van der Waals surface area contributed by atoms with E-state index in [1.54, 1.807) is 25.3 Å². The van der Waals surface area contributed by atoms with Crippen LogP contribution in [0.3, 0.4) is 0 Å². The molecule has 5 nitrogen and oxygen atoms in total. The van der Waals surface area contributed by atoms with Crippen LogP contribution in [0.1, 0.15) is 9.67 Å². The van der Waals surface area contributed by atoms with Crippen LogP contribution in [0.5, 0.6) is 5.75 Å². The van der Waals surface area contributed by atoms with Gasteiger partial charge in [-0.25, -0.2) is 4.98 Å². The number of benzene rings is 2. The summed E-state index contributed by atoms with van der Waals surface area (Å²) in [5.74, 6) is 0.412. The summed E-state index contributed by atoms with van der Waals surface area (Å²) in [5.41, 5.74) is 8.75. The van der Waals surface area contributed by atoms with Gasteiger partial charge < -0.3 is 15.8 Å². The van der Waals surface area contributed by atoms with Gasteiger partial charge in [-0.1, -0.05) is 23.2 Å². The van der Waals surface area contributed by atoms with Crippen LogP contribution in [0.15, 0.2) is 54.6 Å². The number of carbonyl (C=O) groups is 1. The number of halogens is 2. The lowest BCUT2D eigenvalue weighted by Crippen LogP contribution is -2.12. The van der Waals surface area contributed by atoms with Gasteiger partial charge >= 0.3 is 0 Å². The van der Waals surface area contributed by atoms with Crippen molar-refractivity contribution in [2.24, 2.45) is 0 Å². The summed E-state index contributed by atoms with van der Waals surface area (Å²) in [6.07, 6.45) is 0. The third kappa shape index (κ3) is 3.87. The number of carbonyl (C=O) groups excluding carboxylic acids is 1. The van der Waals surface area contributed by atoms with E-state index in [1.165, 1.54) is 11.3 Å². The third-order valence-electron chi connectivity index (χ3n) is 4.36. The van der Waals surface area contributed by atoms with Crippen molar-refractivity contribution in [2.75, 3.05) is 18.2 Å². The highest BCUT2D eigenvalue weighted by Crippen LogP contribution is 2.35. The Labute approximate surface area is 181 Å². The Balaban J connectivity index is 1.67. The number of nitrogen functional groups attached to an aromatic ring is 1. The monoisotopic (exact) mass is 443 g/mol. The number of hydrogen-bond acceptors (Lipinski definition) is 5. The van der Waals surface area contributed by atoms with Crippen molar-refractivity contribution in [1.29, 1.82) is 0 Å². The first-order chi connectivity index (χ1) is 14.0. The van der Waals surface area contributed by atoms with Gasteiger partial charge in [0, 0.05) is 16.0 Å². The van der Waals surface area contributed by atoms with Gasteiger partial charge in [0.2, 0.25) is 0 Å². The molecule has 0 aliphatic heterocycles. The lowest BCUT2D eigenvalue weighted by atomic mass is 10.1. The second kappa shape index (κ2) is 7.91. The van der Waals surface area contributed by atoms with Crippen LogP contribution in [0, 0.1) is 0 Å². The molecule has 146 valence electrons. The predicted octanol–water partition coefficient (Wildman–Crippen LogP) is 6.11. The van der Waals surface area contributed by atoms with E-state index in [0.717, 1.165) is 22.4 Å². The Kier molecular flexibility index (Phi) is 5.32. The van der Waals surface area contributed by atoms with Crippen molar-refractivity contribution in [1.82, 2.24) is 4.98 Å². The van der Waals surface area contributed by atoms with Crippen LogP contribution in [0.4, 0.5) is 11.4 Å². The number of nitrogens with zero attached hydrogens (tertiary/aromatic N) is 1. The number of anilines is 2. The van der Waals surface area contributed by atoms with Crippen molar-refractivity contribution in [3.63, 3.8) is 0 Å². The number of nitrogens with one attached hydrogen (secondary N) is 1. The molecular weight excluding hydrogens is 429 g/mol. The minimum atomic E-state index is -0.360. The fourth-order valence-electron chi connectivity index (χ4n) is 2.86. The SMILES string of the molecule is COc1ccc(-c2ccc3c(N)c(C(=O)Nc4cc(Cl)ccc4Cl)sc3n2)cc1. The van der Waals surface area contributed by atoms with E-state index in [1.807, 2.05) is 36.4 Å². The Morgan fingerprint density at radius 2 is 1.86 bits per heavy atom. The standard InChI is InChI=1S/C21H15Cl2N3O2S/c1-28-13-5-2-11(3-6-13)16-9-7-14-18(24)19(29-21(14)26-16)20(27)25-17-10-12(22)4-8-15(17)23/h2-10H,24H2,1H3,(H,25,27). The molecule has 2 heterocycles. The summed E-state index contributed by atoms with van der Waals surface area (Å²) in [6.45, 7) is 0. The van der Waals surface area contributed by atoms with E-state index >= 15 is 0 Å². The number of methoxy groups -OCH3 is 1. The van der Waals surface area contributed by atoms with Crippen molar-refractivity contribution >= 4 is 62.0 Å². The molecule has 4 aromatic rings. The molecule has 29 heavy (non-hydrogen) atoms. The Morgan fingerprint density at radius 1 is 1.10 bits per heavy atom. The fraction of sp³-hybridized carbons (Fsp3) is 0.0476. The molecule has 0 saturated carbocycles. The molecular formula is C21H15Cl2N3O2S. The second-order valence-electron chi connectivity index (χ2n) is 6.20. The fourth-order valence-corrected chi connectivity index (χ4v) is 4.19. The molecule has 2 aromatic heterocycles. The zero-order valence-electron chi connectivity index (χ0n) is 15.2. The number of hydrogen-bond donors (Lipinski definition) is 2.